The van der Waals surface area contributed by atoms with E-state index in [9.17, 15) is 0 Å². The van der Waals surface area contributed by atoms with Crippen LogP contribution in [0.15, 0.2) is 24.3 Å². The van der Waals surface area contributed by atoms with Crippen LogP contribution in [0.2, 0.25) is 0 Å². The second kappa shape index (κ2) is 3.93. The molecule has 1 radical (unpaired) electrons. The second-order valence-corrected chi connectivity index (χ2v) is 3.90. The predicted molar refractivity (Wildman–Crippen MR) is 54.8 cm³/mol. The third-order valence-corrected chi connectivity index (χ3v) is 2.89. The van der Waals surface area contributed by atoms with E-state index >= 15 is 0 Å². The average molecular weight is 174 g/mol. The summed E-state index contributed by atoms with van der Waals surface area (Å²) in [5.74, 6) is 0.748. The Morgan fingerprint density at radius 3 is 2.69 bits per heavy atom. The first-order chi connectivity index (χ1) is 6.36. The molecule has 0 atom stereocenters. The maximum atomic E-state index is 3.33. The monoisotopic (exact) mass is 174 g/mol. The third kappa shape index (κ3) is 2.10. The molecule has 0 bridgehead atoms. The van der Waals surface area contributed by atoms with Gasteiger partial charge in [0, 0.05) is 0 Å². The molecule has 1 fully saturated rings. The highest BCUT2D eigenvalue weighted by atomic mass is 15.1. The van der Waals surface area contributed by atoms with Gasteiger partial charge in [0.2, 0.25) is 0 Å². The van der Waals surface area contributed by atoms with Crippen molar-refractivity contribution in [1.82, 2.24) is 4.90 Å². The van der Waals surface area contributed by atoms with Crippen LogP contribution in [0.25, 0.3) is 0 Å². The minimum atomic E-state index is 0.748. The smallest absolute Gasteiger partial charge is 0.00159 e. The fraction of sp³-hybridized carbons (Fsp3) is 0.500. The standard InChI is InChI=1S/C12H16N/c1-13-9-7-12(8-10-13)11-5-3-2-4-6-11/h2-5,12H,7-10H2,1H3. The summed E-state index contributed by atoms with van der Waals surface area (Å²) in [5, 5.41) is 0. The zero-order valence-electron chi connectivity index (χ0n) is 8.16. The van der Waals surface area contributed by atoms with Crippen molar-refractivity contribution in [2.75, 3.05) is 20.1 Å². The molecule has 1 aliphatic rings. The van der Waals surface area contributed by atoms with E-state index in [-0.39, 0.29) is 0 Å². The Kier molecular flexibility index (Phi) is 2.65. The van der Waals surface area contributed by atoms with Gasteiger partial charge >= 0.3 is 0 Å². The molecular weight excluding hydrogens is 158 g/mol. The van der Waals surface area contributed by atoms with Gasteiger partial charge in [-0.05, 0) is 50.5 Å². The van der Waals surface area contributed by atoms with E-state index in [1.807, 2.05) is 12.1 Å². The van der Waals surface area contributed by atoms with Crippen LogP contribution >= 0.6 is 0 Å². The quantitative estimate of drug-likeness (QED) is 0.631. The van der Waals surface area contributed by atoms with E-state index in [0.717, 1.165) is 5.92 Å². The number of likely N-dealkylation sites (tertiary alicyclic amines) is 1. The van der Waals surface area contributed by atoms with Gasteiger partial charge in [-0.15, -0.1) is 0 Å². The molecule has 1 aromatic rings. The fourth-order valence-corrected chi connectivity index (χ4v) is 1.98. The lowest BCUT2D eigenvalue weighted by Crippen LogP contribution is -2.29. The molecule has 1 heteroatoms. The molecule has 1 heterocycles. The lowest BCUT2D eigenvalue weighted by Gasteiger charge is -2.28. The lowest BCUT2D eigenvalue weighted by atomic mass is 9.90. The van der Waals surface area contributed by atoms with E-state index in [1.54, 1.807) is 0 Å². The van der Waals surface area contributed by atoms with Gasteiger partial charge in [-0.25, -0.2) is 0 Å². The summed E-state index contributed by atoms with van der Waals surface area (Å²) in [4.78, 5) is 2.40. The Hall–Kier alpha value is -0.820. The van der Waals surface area contributed by atoms with Crippen LogP contribution in [0.4, 0.5) is 0 Å². The van der Waals surface area contributed by atoms with Crippen LogP contribution in [0.1, 0.15) is 24.3 Å². The minimum Gasteiger partial charge on any atom is -0.306 e. The molecular formula is C12H16N. The summed E-state index contributed by atoms with van der Waals surface area (Å²) in [6, 6.07) is 11.7. The van der Waals surface area contributed by atoms with Crippen molar-refractivity contribution in [3.8, 4) is 0 Å². The predicted octanol–water partition coefficient (Wildman–Crippen LogP) is 2.30. The Labute approximate surface area is 80.4 Å². The number of benzene rings is 1. The first-order valence-electron chi connectivity index (χ1n) is 5.01. The SMILES string of the molecule is CN1CCC(c2[c]cccc2)CC1. The fourth-order valence-electron chi connectivity index (χ4n) is 1.98. The molecule has 2 rings (SSSR count). The van der Waals surface area contributed by atoms with Crippen molar-refractivity contribution in [2.24, 2.45) is 0 Å². The maximum absolute atomic E-state index is 3.33. The molecule has 0 aromatic heterocycles. The highest BCUT2D eigenvalue weighted by Crippen LogP contribution is 2.26. The topological polar surface area (TPSA) is 3.24 Å². The van der Waals surface area contributed by atoms with Gasteiger partial charge < -0.3 is 4.90 Å². The first-order valence-corrected chi connectivity index (χ1v) is 5.01. The van der Waals surface area contributed by atoms with E-state index in [2.05, 4.69) is 30.1 Å². The largest absolute Gasteiger partial charge is 0.306 e. The van der Waals surface area contributed by atoms with E-state index < -0.39 is 0 Å². The van der Waals surface area contributed by atoms with Gasteiger partial charge in [0.1, 0.15) is 0 Å². The maximum Gasteiger partial charge on any atom is -0.00159 e. The zero-order chi connectivity index (χ0) is 9.10. The van der Waals surface area contributed by atoms with Crippen LogP contribution in [0.5, 0.6) is 0 Å². The molecule has 0 unspecified atom stereocenters. The Bertz CT molecular complexity index is 247. The first kappa shape index (κ1) is 8.76. The van der Waals surface area contributed by atoms with Crippen molar-refractivity contribution in [3.63, 3.8) is 0 Å². The average Bonchev–Trinajstić information content (AvgIpc) is 2.20. The number of rotatable bonds is 1. The van der Waals surface area contributed by atoms with Crippen molar-refractivity contribution >= 4 is 0 Å². The highest BCUT2D eigenvalue weighted by Gasteiger charge is 2.17. The molecule has 1 aromatic carbocycles. The Morgan fingerprint density at radius 1 is 1.31 bits per heavy atom. The molecule has 1 aliphatic heterocycles. The number of nitrogens with zero attached hydrogens (tertiary/aromatic N) is 1. The summed E-state index contributed by atoms with van der Waals surface area (Å²) in [7, 11) is 2.20. The molecule has 0 spiro atoms. The van der Waals surface area contributed by atoms with Crippen LogP contribution in [0.3, 0.4) is 0 Å². The number of hydrogen-bond acceptors (Lipinski definition) is 1. The van der Waals surface area contributed by atoms with E-state index in [1.165, 1.54) is 31.5 Å². The molecule has 0 saturated carbocycles. The van der Waals surface area contributed by atoms with Gasteiger partial charge in [0.25, 0.3) is 0 Å². The van der Waals surface area contributed by atoms with Crippen LogP contribution in [0, 0.1) is 6.07 Å². The zero-order valence-corrected chi connectivity index (χ0v) is 8.16. The van der Waals surface area contributed by atoms with E-state index in [4.69, 9.17) is 0 Å². The Morgan fingerprint density at radius 2 is 2.08 bits per heavy atom. The summed E-state index contributed by atoms with van der Waals surface area (Å²) in [6.45, 7) is 2.46. The van der Waals surface area contributed by atoms with Gasteiger partial charge in [-0.3, -0.25) is 0 Å². The normalized spacial score (nSPS) is 20.4. The van der Waals surface area contributed by atoms with Gasteiger partial charge in [0.15, 0.2) is 0 Å². The molecule has 1 nitrogen and oxygen atoms in total. The molecule has 0 amide bonds. The summed E-state index contributed by atoms with van der Waals surface area (Å²) < 4.78 is 0. The summed E-state index contributed by atoms with van der Waals surface area (Å²) in [5.41, 5.74) is 1.40. The molecule has 0 aliphatic carbocycles. The van der Waals surface area contributed by atoms with Crippen LogP contribution in [-0.4, -0.2) is 25.0 Å². The number of piperidine rings is 1. The van der Waals surface area contributed by atoms with Crippen molar-refractivity contribution in [1.29, 1.82) is 0 Å². The number of hydrogen-bond donors (Lipinski definition) is 0. The molecule has 0 N–H and O–H groups in total. The molecule has 1 saturated heterocycles. The van der Waals surface area contributed by atoms with Crippen LogP contribution < -0.4 is 0 Å². The molecule has 69 valence electrons. The summed E-state index contributed by atoms with van der Waals surface area (Å²) >= 11 is 0. The lowest BCUT2D eigenvalue weighted by molar-refractivity contribution is 0.255. The van der Waals surface area contributed by atoms with Crippen LogP contribution in [-0.2, 0) is 0 Å². The molecule has 13 heavy (non-hydrogen) atoms. The van der Waals surface area contributed by atoms with Crippen molar-refractivity contribution in [2.45, 2.75) is 18.8 Å². The van der Waals surface area contributed by atoms with Crippen molar-refractivity contribution in [3.05, 3.63) is 35.9 Å². The third-order valence-electron chi connectivity index (χ3n) is 2.89. The van der Waals surface area contributed by atoms with Crippen molar-refractivity contribution < 1.29 is 0 Å². The Balaban J connectivity index is 2.03. The van der Waals surface area contributed by atoms with Gasteiger partial charge in [-0.2, -0.15) is 0 Å². The van der Waals surface area contributed by atoms with E-state index in [0.29, 0.717) is 0 Å². The second-order valence-electron chi connectivity index (χ2n) is 3.90. The van der Waals surface area contributed by atoms with Gasteiger partial charge in [-0.1, -0.05) is 24.3 Å². The minimum absolute atomic E-state index is 0.748. The van der Waals surface area contributed by atoms with Gasteiger partial charge in [0.05, 0.1) is 0 Å². The highest BCUT2D eigenvalue weighted by molar-refractivity contribution is 5.18. The summed E-state index contributed by atoms with van der Waals surface area (Å²) in [6.07, 6.45) is 2.58.